The van der Waals surface area contributed by atoms with Gasteiger partial charge in [-0.05, 0) is 29.3 Å². The van der Waals surface area contributed by atoms with E-state index in [0.29, 0.717) is 35.4 Å². The van der Waals surface area contributed by atoms with Crippen molar-refractivity contribution in [2.24, 2.45) is 0 Å². The summed E-state index contributed by atoms with van der Waals surface area (Å²) in [4.78, 5) is 31.8. The van der Waals surface area contributed by atoms with Gasteiger partial charge in [-0.2, -0.15) is 5.10 Å². The Morgan fingerprint density at radius 1 is 1.08 bits per heavy atom. The Morgan fingerprint density at radius 3 is 2.58 bits per heavy atom. The van der Waals surface area contributed by atoms with E-state index in [1.165, 1.54) is 0 Å². The molecule has 10 heteroatoms. The Kier molecular flexibility index (Phi) is 8.20. The number of aromatic nitrogens is 4. The number of nitrogens with zero attached hydrogens (tertiary/aromatic N) is 2. The van der Waals surface area contributed by atoms with Gasteiger partial charge in [0.1, 0.15) is 11.4 Å². The first-order valence-electron chi connectivity index (χ1n) is 11.3. The zero-order valence-electron chi connectivity index (χ0n) is 19.7. The Balaban J connectivity index is 1.49. The van der Waals surface area contributed by atoms with Crippen molar-refractivity contribution in [1.29, 1.82) is 0 Å². The summed E-state index contributed by atoms with van der Waals surface area (Å²) in [6, 6.07) is 14.7. The number of aromatic amines is 2. The molecule has 3 aromatic heterocycles. The van der Waals surface area contributed by atoms with E-state index in [1.54, 1.807) is 43.8 Å². The van der Waals surface area contributed by atoms with Crippen molar-refractivity contribution in [3.63, 3.8) is 0 Å². The van der Waals surface area contributed by atoms with E-state index in [0.717, 1.165) is 11.1 Å². The third kappa shape index (κ3) is 6.02. The molecule has 0 spiro atoms. The van der Waals surface area contributed by atoms with Gasteiger partial charge in [-0.15, -0.1) is 0 Å². The predicted octanol–water partition coefficient (Wildman–Crippen LogP) is 3.06. The van der Waals surface area contributed by atoms with Gasteiger partial charge in [0.05, 0.1) is 18.8 Å². The van der Waals surface area contributed by atoms with Crippen molar-refractivity contribution >= 4 is 5.91 Å². The third-order valence-electron chi connectivity index (χ3n) is 5.63. The van der Waals surface area contributed by atoms with Gasteiger partial charge >= 0.3 is 0 Å². The Labute approximate surface area is 206 Å². The van der Waals surface area contributed by atoms with E-state index in [1.807, 2.05) is 24.3 Å². The summed E-state index contributed by atoms with van der Waals surface area (Å²) in [6.07, 6.45) is 4.12. The number of alkyl halides is 1. The van der Waals surface area contributed by atoms with E-state index >= 15 is 0 Å². The first kappa shape index (κ1) is 24.8. The molecule has 186 valence electrons. The second-order valence-electron chi connectivity index (χ2n) is 8.04. The molecule has 4 rings (SSSR count). The minimum Gasteiger partial charge on any atom is -0.461 e. The van der Waals surface area contributed by atoms with Crippen LogP contribution in [0, 0.1) is 0 Å². The van der Waals surface area contributed by atoms with E-state index in [2.05, 4.69) is 25.5 Å². The maximum Gasteiger partial charge on any atom is 0.272 e. The number of carbonyl (C=O) groups is 1. The second kappa shape index (κ2) is 11.9. The maximum absolute atomic E-state index is 13.0. The average molecular weight is 492 g/mol. The van der Waals surface area contributed by atoms with Crippen molar-refractivity contribution in [3.05, 3.63) is 111 Å². The molecule has 4 aromatic rings. The lowest BCUT2D eigenvalue weighted by atomic mass is 9.99. The number of rotatable bonds is 11. The molecule has 0 atom stereocenters. The van der Waals surface area contributed by atoms with Gasteiger partial charge in [0.15, 0.2) is 5.69 Å². The predicted molar refractivity (Wildman–Crippen MR) is 130 cm³/mol. The fourth-order valence-electron chi connectivity index (χ4n) is 3.83. The van der Waals surface area contributed by atoms with Crippen molar-refractivity contribution in [1.82, 2.24) is 25.5 Å². The van der Waals surface area contributed by atoms with Gasteiger partial charge in [0.2, 0.25) is 6.86 Å². The Hall–Kier alpha value is -4.31. The number of hydrogen-bond donors (Lipinski definition) is 3. The van der Waals surface area contributed by atoms with Crippen LogP contribution in [0.2, 0.25) is 0 Å². The molecule has 9 nitrogen and oxygen atoms in total. The van der Waals surface area contributed by atoms with Gasteiger partial charge in [0.25, 0.3) is 11.5 Å². The van der Waals surface area contributed by atoms with Crippen LogP contribution in [0.5, 0.6) is 5.75 Å². The molecule has 0 aliphatic rings. The van der Waals surface area contributed by atoms with Crippen LogP contribution in [0.4, 0.5) is 4.39 Å². The van der Waals surface area contributed by atoms with E-state index in [-0.39, 0.29) is 30.2 Å². The monoisotopic (exact) mass is 491 g/mol. The van der Waals surface area contributed by atoms with Crippen molar-refractivity contribution in [3.8, 4) is 5.75 Å². The standard InChI is InChI=1S/C26H26FN5O4/c1-35-15-22-20(13-18-8-6-17(7-9-18)12-19-4-2-11-29-25(19)33)24(32-31-22)26(34)30-14-21-23(36-16-27)5-3-10-28-21/h2-11H,12-16H2,1H3,(H,29,33)(H,30,34)(H,31,32). The number of benzene rings is 1. The molecule has 0 unspecified atom stereocenters. The highest BCUT2D eigenvalue weighted by atomic mass is 19.1. The zero-order valence-corrected chi connectivity index (χ0v) is 19.7. The molecule has 0 saturated heterocycles. The van der Waals surface area contributed by atoms with Gasteiger partial charge in [-0.25, -0.2) is 4.39 Å². The summed E-state index contributed by atoms with van der Waals surface area (Å²) in [5.74, 6) is -0.138. The van der Waals surface area contributed by atoms with Gasteiger partial charge in [-0.3, -0.25) is 19.7 Å². The fraction of sp³-hybridized carbons (Fsp3) is 0.231. The van der Waals surface area contributed by atoms with Gasteiger partial charge < -0.3 is 19.8 Å². The number of pyridine rings is 2. The Morgan fingerprint density at radius 2 is 1.86 bits per heavy atom. The number of halogens is 1. The molecule has 0 aliphatic heterocycles. The number of H-pyrrole nitrogens is 2. The van der Waals surface area contributed by atoms with Crippen LogP contribution in [-0.2, 0) is 30.7 Å². The lowest BCUT2D eigenvalue weighted by Crippen LogP contribution is -2.25. The second-order valence-corrected chi connectivity index (χ2v) is 8.04. The summed E-state index contributed by atoms with van der Waals surface area (Å²) in [7, 11) is 1.57. The number of amides is 1. The van der Waals surface area contributed by atoms with Crippen LogP contribution < -0.4 is 15.6 Å². The van der Waals surface area contributed by atoms with Crippen LogP contribution in [0.15, 0.2) is 65.7 Å². The topological polar surface area (TPSA) is 122 Å². The van der Waals surface area contributed by atoms with E-state index in [9.17, 15) is 14.0 Å². The van der Waals surface area contributed by atoms with Gasteiger partial charge in [0, 0.05) is 43.5 Å². The number of ether oxygens (including phenoxy) is 2. The van der Waals surface area contributed by atoms with Crippen molar-refractivity contribution in [2.75, 3.05) is 14.0 Å². The molecule has 0 bridgehead atoms. The van der Waals surface area contributed by atoms with E-state index in [4.69, 9.17) is 9.47 Å². The molecule has 0 fully saturated rings. The number of hydrogen-bond acceptors (Lipinski definition) is 6. The fourth-order valence-corrected chi connectivity index (χ4v) is 3.83. The van der Waals surface area contributed by atoms with E-state index < -0.39 is 12.8 Å². The molecule has 3 N–H and O–H groups in total. The molecule has 0 aliphatic carbocycles. The molecule has 0 radical (unpaired) electrons. The number of methoxy groups -OCH3 is 1. The highest BCUT2D eigenvalue weighted by Crippen LogP contribution is 2.20. The Bertz CT molecular complexity index is 1370. The summed E-state index contributed by atoms with van der Waals surface area (Å²) in [5, 5.41) is 9.89. The summed E-state index contributed by atoms with van der Waals surface area (Å²) in [5.41, 5.74) is 4.61. The molecule has 0 saturated carbocycles. The first-order valence-corrected chi connectivity index (χ1v) is 11.3. The smallest absolute Gasteiger partial charge is 0.272 e. The summed E-state index contributed by atoms with van der Waals surface area (Å²) >= 11 is 0. The molecule has 1 aromatic carbocycles. The summed E-state index contributed by atoms with van der Waals surface area (Å²) in [6.45, 7) is -0.676. The van der Waals surface area contributed by atoms with Crippen LogP contribution in [-0.4, -0.2) is 40.0 Å². The van der Waals surface area contributed by atoms with Crippen molar-refractivity contribution in [2.45, 2.75) is 26.0 Å². The van der Waals surface area contributed by atoms with Crippen molar-refractivity contribution < 1.29 is 18.7 Å². The lowest BCUT2D eigenvalue weighted by molar-refractivity contribution is 0.0944. The SMILES string of the molecule is COCc1[nH]nc(C(=O)NCc2ncccc2OCF)c1Cc1ccc(Cc2ccc[nH]c2=O)cc1. The summed E-state index contributed by atoms with van der Waals surface area (Å²) < 4.78 is 22.8. The average Bonchev–Trinajstić information content (AvgIpc) is 3.28. The quantitative estimate of drug-likeness (QED) is 0.296. The van der Waals surface area contributed by atoms with Crippen LogP contribution in [0.25, 0.3) is 0 Å². The normalized spacial score (nSPS) is 10.8. The molecule has 3 heterocycles. The molecule has 1 amide bonds. The van der Waals surface area contributed by atoms with Gasteiger partial charge in [-0.1, -0.05) is 30.3 Å². The zero-order chi connectivity index (χ0) is 25.3. The highest BCUT2D eigenvalue weighted by molar-refractivity contribution is 5.94. The number of carbonyl (C=O) groups excluding carboxylic acids is 1. The highest BCUT2D eigenvalue weighted by Gasteiger charge is 2.20. The minimum absolute atomic E-state index is 0.0498. The minimum atomic E-state index is -0.989. The maximum atomic E-state index is 13.0. The number of nitrogens with one attached hydrogen (secondary N) is 3. The molecular weight excluding hydrogens is 465 g/mol. The molecule has 36 heavy (non-hydrogen) atoms. The lowest BCUT2D eigenvalue weighted by Gasteiger charge is -2.10. The van der Waals surface area contributed by atoms with Crippen LogP contribution >= 0.6 is 0 Å². The van der Waals surface area contributed by atoms with Crippen LogP contribution in [0.1, 0.15) is 44.1 Å². The first-order chi connectivity index (χ1) is 17.6. The van der Waals surface area contributed by atoms with Crippen LogP contribution in [0.3, 0.4) is 0 Å². The third-order valence-corrected chi connectivity index (χ3v) is 5.63. The largest absolute Gasteiger partial charge is 0.461 e. The molecular formula is C26H26FN5O4.